The SMILES string of the molecule is C#CCCC(NCCC)c1cc(Br)sc1Br. The minimum Gasteiger partial charge on any atom is -0.310 e. The lowest BCUT2D eigenvalue weighted by molar-refractivity contribution is 0.505. The van der Waals surface area contributed by atoms with E-state index in [0.29, 0.717) is 6.04 Å². The van der Waals surface area contributed by atoms with Crippen LogP contribution in [0.4, 0.5) is 0 Å². The number of halogens is 2. The first-order chi connectivity index (χ1) is 7.69. The molecule has 0 saturated carbocycles. The lowest BCUT2D eigenvalue weighted by Gasteiger charge is -2.17. The van der Waals surface area contributed by atoms with Gasteiger partial charge in [-0.3, -0.25) is 0 Å². The van der Waals surface area contributed by atoms with Crippen LogP contribution < -0.4 is 5.32 Å². The molecule has 88 valence electrons. The van der Waals surface area contributed by atoms with Crippen LogP contribution in [0, 0.1) is 12.3 Å². The first-order valence-electron chi connectivity index (χ1n) is 5.30. The van der Waals surface area contributed by atoms with Crippen molar-refractivity contribution in [2.45, 2.75) is 32.2 Å². The summed E-state index contributed by atoms with van der Waals surface area (Å²) in [5.41, 5.74) is 1.31. The molecule has 1 rings (SSSR count). The summed E-state index contributed by atoms with van der Waals surface area (Å²) in [6.45, 7) is 3.19. The van der Waals surface area contributed by atoms with Gasteiger partial charge < -0.3 is 5.32 Å². The van der Waals surface area contributed by atoms with Crippen molar-refractivity contribution < 1.29 is 0 Å². The summed E-state index contributed by atoms with van der Waals surface area (Å²) in [4.78, 5) is 0. The fraction of sp³-hybridized carbons (Fsp3) is 0.500. The van der Waals surface area contributed by atoms with Crippen molar-refractivity contribution in [2.24, 2.45) is 0 Å². The molecule has 0 aliphatic carbocycles. The summed E-state index contributed by atoms with van der Waals surface area (Å²) in [5, 5.41) is 3.53. The molecule has 1 atom stereocenters. The molecule has 1 heterocycles. The molecule has 4 heteroatoms. The number of thiophene rings is 1. The third-order valence-electron chi connectivity index (χ3n) is 2.28. The van der Waals surface area contributed by atoms with Crippen molar-refractivity contribution in [3.05, 3.63) is 19.2 Å². The van der Waals surface area contributed by atoms with E-state index in [0.717, 1.165) is 29.6 Å². The molecule has 0 saturated heterocycles. The molecule has 0 spiro atoms. The van der Waals surface area contributed by atoms with E-state index >= 15 is 0 Å². The molecule has 0 aliphatic heterocycles. The normalized spacial score (nSPS) is 12.4. The van der Waals surface area contributed by atoms with Gasteiger partial charge in [-0.15, -0.1) is 23.7 Å². The zero-order chi connectivity index (χ0) is 12.0. The Morgan fingerprint density at radius 1 is 1.56 bits per heavy atom. The fourth-order valence-corrected chi connectivity index (χ4v) is 4.48. The van der Waals surface area contributed by atoms with E-state index in [-0.39, 0.29) is 0 Å². The van der Waals surface area contributed by atoms with E-state index in [9.17, 15) is 0 Å². The largest absolute Gasteiger partial charge is 0.310 e. The molecular formula is C12H15Br2NS. The molecule has 0 fully saturated rings. The second-order valence-electron chi connectivity index (χ2n) is 3.53. The van der Waals surface area contributed by atoms with Gasteiger partial charge in [0.05, 0.1) is 7.57 Å². The van der Waals surface area contributed by atoms with Gasteiger partial charge in [0.25, 0.3) is 0 Å². The average Bonchev–Trinajstić information content (AvgIpc) is 2.58. The van der Waals surface area contributed by atoms with Gasteiger partial charge in [0.2, 0.25) is 0 Å². The summed E-state index contributed by atoms with van der Waals surface area (Å²) in [6.07, 6.45) is 8.26. The lowest BCUT2D eigenvalue weighted by Crippen LogP contribution is -2.21. The molecule has 1 N–H and O–H groups in total. The molecule has 1 aromatic heterocycles. The molecule has 0 aromatic carbocycles. The van der Waals surface area contributed by atoms with Gasteiger partial charge in [0.1, 0.15) is 0 Å². The predicted octanol–water partition coefficient (Wildman–Crippen LogP) is 4.73. The molecule has 0 amide bonds. The zero-order valence-electron chi connectivity index (χ0n) is 9.22. The number of hydrogen-bond donors (Lipinski definition) is 1. The molecule has 16 heavy (non-hydrogen) atoms. The monoisotopic (exact) mass is 363 g/mol. The Hall–Kier alpha value is 0.180. The smallest absolute Gasteiger partial charge is 0.0758 e. The standard InChI is InChI=1S/C12H15Br2NS/c1-3-5-6-10(15-7-4-2)9-8-11(13)16-12(9)14/h1,8,10,15H,4-7H2,2H3. The zero-order valence-corrected chi connectivity index (χ0v) is 13.2. The third kappa shape index (κ3) is 4.21. The second-order valence-corrected chi connectivity index (χ2v) is 7.28. The van der Waals surface area contributed by atoms with Crippen molar-refractivity contribution in [1.82, 2.24) is 5.32 Å². The lowest BCUT2D eigenvalue weighted by atomic mass is 10.1. The van der Waals surface area contributed by atoms with E-state index in [1.165, 1.54) is 9.35 Å². The van der Waals surface area contributed by atoms with E-state index in [1.54, 1.807) is 11.3 Å². The maximum absolute atomic E-state index is 5.33. The molecular weight excluding hydrogens is 350 g/mol. The van der Waals surface area contributed by atoms with Crippen molar-refractivity contribution >= 4 is 43.2 Å². The van der Waals surface area contributed by atoms with Crippen LogP contribution in [0.2, 0.25) is 0 Å². The first-order valence-corrected chi connectivity index (χ1v) is 7.70. The van der Waals surface area contributed by atoms with E-state index in [1.807, 2.05) is 0 Å². The minimum absolute atomic E-state index is 0.355. The fourth-order valence-electron chi connectivity index (χ4n) is 1.50. The van der Waals surface area contributed by atoms with Gasteiger partial charge >= 0.3 is 0 Å². The van der Waals surface area contributed by atoms with Gasteiger partial charge in [-0.25, -0.2) is 0 Å². The molecule has 0 radical (unpaired) electrons. The molecule has 0 aliphatic rings. The summed E-state index contributed by atoms with van der Waals surface area (Å²) in [6, 6.07) is 2.52. The average molecular weight is 365 g/mol. The first kappa shape index (κ1) is 14.2. The highest BCUT2D eigenvalue weighted by atomic mass is 79.9. The van der Waals surface area contributed by atoms with Crippen LogP contribution in [0.1, 0.15) is 37.8 Å². The van der Waals surface area contributed by atoms with Crippen LogP contribution in [0.15, 0.2) is 13.6 Å². The van der Waals surface area contributed by atoms with Gasteiger partial charge in [-0.1, -0.05) is 6.92 Å². The van der Waals surface area contributed by atoms with Gasteiger partial charge in [0.15, 0.2) is 0 Å². The van der Waals surface area contributed by atoms with Crippen LogP contribution in [0.25, 0.3) is 0 Å². The Morgan fingerprint density at radius 3 is 2.81 bits per heavy atom. The van der Waals surface area contributed by atoms with E-state index in [4.69, 9.17) is 6.42 Å². The highest BCUT2D eigenvalue weighted by Crippen LogP contribution is 2.36. The summed E-state index contributed by atoms with van der Waals surface area (Å²) < 4.78 is 2.34. The van der Waals surface area contributed by atoms with Crippen LogP contribution in [0.3, 0.4) is 0 Å². The Labute approximate surface area is 118 Å². The quantitative estimate of drug-likeness (QED) is 0.719. The Bertz CT molecular complexity index is 368. The molecule has 1 nitrogen and oxygen atoms in total. The highest BCUT2D eigenvalue weighted by Gasteiger charge is 2.15. The minimum atomic E-state index is 0.355. The highest BCUT2D eigenvalue weighted by molar-refractivity contribution is 9.12. The Balaban J connectivity index is 2.74. The van der Waals surface area contributed by atoms with Crippen molar-refractivity contribution in [3.8, 4) is 12.3 Å². The molecule has 0 bridgehead atoms. The third-order valence-corrected chi connectivity index (χ3v) is 4.66. The summed E-state index contributed by atoms with van der Waals surface area (Å²) >= 11 is 8.81. The van der Waals surface area contributed by atoms with Crippen molar-refractivity contribution in [2.75, 3.05) is 6.54 Å². The van der Waals surface area contributed by atoms with Gasteiger partial charge in [0, 0.05) is 12.5 Å². The summed E-state index contributed by atoms with van der Waals surface area (Å²) in [5.74, 6) is 2.71. The Kier molecular flexibility index (Phi) is 6.67. The van der Waals surface area contributed by atoms with Crippen molar-refractivity contribution in [3.63, 3.8) is 0 Å². The topological polar surface area (TPSA) is 12.0 Å². The van der Waals surface area contributed by atoms with Crippen LogP contribution in [-0.2, 0) is 0 Å². The van der Waals surface area contributed by atoms with Gasteiger partial charge in [-0.05, 0) is 62.9 Å². The van der Waals surface area contributed by atoms with Crippen LogP contribution >= 0.6 is 43.2 Å². The maximum Gasteiger partial charge on any atom is 0.0758 e. The second kappa shape index (κ2) is 7.50. The van der Waals surface area contributed by atoms with Gasteiger partial charge in [-0.2, -0.15) is 0 Å². The van der Waals surface area contributed by atoms with E-state index in [2.05, 4.69) is 56.1 Å². The number of hydrogen-bond acceptors (Lipinski definition) is 2. The number of terminal acetylenes is 1. The summed E-state index contributed by atoms with van der Waals surface area (Å²) in [7, 11) is 0. The van der Waals surface area contributed by atoms with Crippen molar-refractivity contribution in [1.29, 1.82) is 0 Å². The van der Waals surface area contributed by atoms with Crippen LogP contribution in [0.5, 0.6) is 0 Å². The molecule has 1 unspecified atom stereocenters. The molecule has 1 aromatic rings. The van der Waals surface area contributed by atoms with E-state index < -0.39 is 0 Å². The number of rotatable bonds is 6. The predicted molar refractivity (Wildman–Crippen MR) is 78.8 cm³/mol. The van der Waals surface area contributed by atoms with Crippen LogP contribution in [-0.4, -0.2) is 6.54 Å². The Morgan fingerprint density at radius 2 is 2.31 bits per heavy atom. The maximum atomic E-state index is 5.33. The number of nitrogens with one attached hydrogen (secondary N) is 1.